The van der Waals surface area contributed by atoms with Gasteiger partial charge in [0.15, 0.2) is 0 Å². The van der Waals surface area contributed by atoms with Gasteiger partial charge in [-0.3, -0.25) is 19.9 Å². The summed E-state index contributed by atoms with van der Waals surface area (Å²) in [5.41, 5.74) is -0.107. The van der Waals surface area contributed by atoms with E-state index < -0.39 is 4.92 Å². The number of carbonyl (C=O) groups is 1. The molecule has 4 bridgehead atoms. The molecule has 0 atom stereocenters. The molecule has 6 nitrogen and oxygen atoms in total. The summed E-state index contributed by atoms with van der Waals surface area (Å²) >= 11 is 14.5. The number of amides is 1. The van der Waals surface area contributed by atoms with E-state index in [1.54, 1.807) is 0 Å². The molecule has 2 aromatic heterocycles. The van der Waals surface area contributed by atoms with Crippen molar-refractivity contribution in [2.75, 3.05) is 0 Å². The van der Waals surface area contributed by atoms with Crippen LogP contribution in [-0.4, -0.2) is 21.9 Å². The first-order valence-corrected chi connectivity index (χ1v) is 12.3. The molecule has 6 rings (SSSR count). The van der Waals surface area contributed by atoms with Gasteiger partial charge in [0, 0.05) is 24.5 Å². The van der Waals surface area contributed by atoms with Gasteiger partial charge in [0.25, 0.3) is 11.6 Å². The topological polar surface area (TPSA) is 85.1 Å². The van der Waals surface area contributed by atoms with Crippen molar-refractivity contribution >= 4 is 57.9 Å². The predicted octanol–water partition coefficient (Wildman–Crippen LogP) is 6.06. The molecule has 4 saturated carbocycles. The lowest BCUT2D eigenvalue weighted by Crippen LogP contribution is -2.55. The minimum Gasteiger partial charge on any atom is -0.348 e. The van der Waals surface area contributed by atoms with E-state index in [1.165, 1.54) is 50.6 Å². The fraction of sp³-hybridized carbons (Fsp3) is 0.500. The molecule has 2 aromatic rings. The number of hydrogen-bond acceptors (Lipinski definition) is 6. The molecule has 4 aliphatic rings. The third-order valence-electron chi connectivity index (χ3n) is 6.63. The van der Waals surface area contributed by atoms with Crippen molar-refractivity contribution < 1.29 is 9.72 Å². The van der Waals surface area contributed by atoms with Crippen LogP contribution in [-0.2, 0) is 0 Å². The van der Waals surface area contributed by atoms with Crippen molar-refractivity contribution in [1.29, 1.82) is 0 Å². The molecule has 0 saturated heterocycles. The van der Waals surface area contributed by atoms with Gasteiger partial charge in [-0.25, -0.2) is 0 Å². The molecule has 1 N–H and O–H groups in total. The Morgan fingerprint density at radius 2 is 1.73 bits per heavy atom. The predicted molar refractivity (Wildman–Crippen MR) is 118 cm³/mol. The van der Waals surface area contributed by atoms with Crippen molar-refractivity contribution in [2.45, 2.75) is 47.3 Å². The second-order valence-electron chi connectivity index (χ2n) is 8.50. The molecule has 1 amide bonds. The van der Waals surface area contributed by atoms with Crippen molar-refractivity contribution in [3.63, 3.8) is 0 Å². The van der Waals surface area contributed by atoms with E-state index in [0.717, 1.165) is 34.9 Å². The van der Waals surface area contributed by atoms with Crippen LogP contribution >= 0.6 is 46.3 Å². The number of carbonyl (C=O) groups excluding carboxylic acids is 1. The SMILES string of the molecule is O=C(NC1C2CC3CC(C2)CC1C3)c1cc([N+](=O)[O-])c(Sc2c(Cl)cncc2Cl)s1. The largest absolute Gasteiger partial charge is 0.348 e. The molecule has 158 valence electrons. The van der Waals surface area contributed by atoms with Gasteiger partial charge in [0.05, 0.1) is 19.9 Å². The Morgan fingerprint density at radius 3 is 2.30 bits per heavy atom. The zero-order valence-corrected chi connectivity index (χ0v) is 19.0. The Labute approximate surface area is 191 Å². The lowest BCUT2D eigenvalue weighted by molar-refractivity contribution is -0.387. The van der Waals surface area contributed by atoms with E-state index in [1.807, 2.05) is 0 Å². The number of nitro groups is 1. The molecule has 0 radical (unpaired) electrons. The number of nitrogens with zero attached hydrogens (tertiary/aromatic N) is 2. The number of pyridine rings is 1. The monoisotopic (exact) mass is 483 g/mol. The lowest BCUT2D eigenvalue weighted by Gasteiger charge is -2.54. The van der Waals surface area contributed by atoms with E-state index in [4.69, 9.17) is 23.2 Å². The molecule has 0 aliphatic heterocycles. The van der Waals surface area contributed by atoms with Crippen molar-refractivity contribution in [3.05, 3.63) is 43.5 Å². The number of thiophene rings is 1. The zero-order valence-electron chi connectivity index (χ0n) is 15.8. The molecule has 0 spiro atoms. The quantitative estimate of drug-likeness (QED) is 0.412. The standard InChI is InChI=1S/C20H19Cl2N3O3S2/c21-13-7-23-8-14(22)18(13)30-20-15(25(27)28)6-16(29-20)19(26)24-17-11-2-9-1-10(4-11)5-12(17)3-9/h6-12,17H,1-5H2,(H,24,26). The second kappa shape index (κ2) is 7.97. The highest BCUT2D eigenvalue weighted by Crippen LogP contribution is 2.54. The maximum Gasteiger partial charge on any atom is 0.294 e. The number of halogens is 2. The van der Waals surface area contributed by atoms with Gasteiger partial charge in [0.1, 0.15) is 9.09 Å². The fourth-order valence-corrected chi connectivity index (χ4v) is 8.42. The zero-order chi connectivity index (χ0) is 21.0. The summed E-state index contributed by atoms with van der Waals surface area (Å²) in [6, 6.07) is 1.55. The normalized spacial score (nSPS) is 29.2. The van der Waals surface area contributed by atoms with Crippen LogP contribution in [0.25, 0.3) is 0 Å². The third-order valence-corrected chi connectivity index (χ3v) is 9.88. The summed E-state index contributed by atoms with van der Waals surface area (Å²) in [5.74, 6) is 2.51. The summed E-state index contributed by atoms with van der Waals surface area (Å²) in [5, 5.41) is 15.4. The van der Waals surface area contributed by atoms with E-state index in [0.29, 0.717) is 35.9 Å². The summed E-state index contributed by atoms with van der Waals surface area (Å²) < 4.78 is 0.380. The van der Waals surface area contributed by atoms with Gasteiger partial charge in [-0.15, -0.1) is 11.3 Å². The van der Waals surface area contributed by atoms with Crippen molar-refractivity contribution in [3.8, 4) is 0 Å². The van der Waals surface area contributed by atoms with Gasteiger partial charge in [0.2, 0.25) is 0 Å². The lowest BCUT2D eigenvalue weighted by atomic mass is 9.54. The van der Waals surface area contributed by atoms with Crippen LogP contribution in [0.15, 0.2) is 27.6 Å². The van der Waals surface area contributed by atoms with Gasteiger partial charge in [-0.05, 0) is 55.8 Å². The summed E-state index contributed by atoms with van der Waals surface area (Å²) in [4.78, 5) is 28.9. The average molecular weight is 484 g/mol. The highest BCUT2D eigenvalue weighted by Gasteiger charge is 2.48. The highest BCUT2D eigenvalue weighted by molar-refractivity contribution is 8.01. The number of rotatable bonds is 5. The summed E-state index contributed by atoms with van der Waals surface area (Å²) in [6.45, 7) is 0. The van der Waals surface area contributed by atoms with Gasteiger partial charge in [-0.2, -0.15) is 0 Å². The van der Waals surface area contributed by atoms with Gasteiger partial charge >= 0.3 is 0 Å². The maximum absolute atomic E-state index is 13.0. The smallest absolute Gasteiger partial charge is 0.294 e. The average Bonchev–Trinajstić information content (AvgIpc) is 3.11. The van der Waals surface area contributed by atoms with Crippen molar-refractivity contribution in [2.24, 2.45) is 23.7 Å². The minimum absolute atomic E-state index is 0.107. The second-order valence-corrected chi connectivity index (χ2v) is 11.7. The number of nitrogens with one attached hydrogen (secondary N) is 1. The van der Waals surface area contributed by atoms with E-state index >= 15 is 0 Å². The molecule has 10 heteroatoms. The molecule has 4 fully saturated rings. The van der Waals surface area contributed by atoms with Crippen LogP contribution in [0.2, 0.25) is 10.0 Å². The van der Waals surface area contributed by atoms with Crippen LogP contribution < -0.4 is 5.32 Å². The first-order valence-electron chi connectivity index (χ1n) is 9.95. The first kappa shape index (κ1) is 20.5. The van der Waals surface area contributed by atoms with E-state index in [-0.39, 0.29) is 17.6 Å². The maximum atomic E-state index is 13.0. The van der Waals surface area contributed by atoms with Gasteiger partial charge in [-0.1, -0.05) is 35.0 Å². The Morgan fingerprint density at radius 1 is 1.13 bits per heavy atom. The molecule has 0 aromatic carbocycles. The first-order chi connectivity index (χ1) is 14.4. The Kier molecular flexibility index (Phi) is 5.46. The molecule has 2 heterocycles. The third kappa shape index (κ3) is 3.72. The van der Waals surface area contributed by atoms with E-state index in [2.05, 4.69) is 10.3 Å². The Bertz CT molecular complexity index is 980. The number of hydrogen-bond donors (Lipinski definition) is 1. The fourth-order valence-electron chi connectivity index (χ4n) is 5.65. The van der Waals surface area contributed by atoms with Crippen LogP contribution in [0, 0.1) is 33.8 Å². The Balaban J connectivity index is 1.38. The number of aromatic nitrogens is 1. The molecular weight excluding hydrogens is 465 g/mol. The Hall–Kier alpha value is -1.35. The molecule has 0 unspecified atom stereocenters. The molecule has 30 heavy (non-hydrogen) atoms. The van der Waals surface area contributed by atoms with Crippen LogP contribution in [0.1, 0.15) is 41.8 Å². The van der Waals surface area contributed by atoms with Gasteiger partial charge < -0.3 is 5.32 Å². The minimum atomic E-state index is -0.471. The highest BCUT2D eigenvalue weighted by atomic mass is 35.5. The molecule has 4 aliphatic carbocycles. The van der Waals surface area contributed by atoms with E-state index in [9.17, 15) is 14.9 Å². The van der Waals surface area contributed by atoms with Crippen LogP contribution in [0.3, 0.4) is 0 Å². The van der Waals surface area contributed by atoms with Crippen molar-refractivity contribution in [1.82, 2.24) is 10.3 Å². The van der Waals surface area contributed by atoms with Crippen LogP contribution in [0.4, 0.5) is 5.69 Å². The van der Waals surface area contributed by atoms with Crippen LogP contribution in [0.5, 0.6) is 0 Å². The summed E-state index contributed by atoms with van der Waals surface area (Å²) in [7, 11) is 0. The molecular formula is C20H19Cl2N3O3S2. The summed E-state index contributed by atoms with van der Waals surface area (Å²) in [6.07, 6.45) is 9.02.